The predicted molar refractivity (Wildman–Crippen MR) is 112 cm³/mol. The molecule has 0 aliphatic rings. The molecule has 29 heavy (non-hydrogen) atoms. The van der Waals surface area contributed by atoms with Crippen LogP contribution in [-0.2, 0) is 0 Å². The highest BCUT2D eigenvalue weighted by Crippen LogP contribution is 2.36. The van der Waals surface area contributed by atoms with Gasteiger partial charge in [-0.05, 0) is 42.5 Å². The fourth-order valence-electron chi connectivity index (χ4n) is 3.34. The second-order valence-electron chi connectivity index (χ2n) is 6.48. The first-order valence-corrected chi connectivity index (χ1v) is 9.93. The number of rotatable bonds is 2. The van der Waals surface area contributed by atoms with E-state index >= 15 is 0 Å². The zero-order valence-corrected chi connectivity index (χ0v) is 16.3. The van der Waals surface area contributed by atoms with Crippen LogP contribution in [0.2, 0.25) is 5.02 Å². The normalized spacial score (nSPS) is 11.4. The Labute approximate surface area is 172 Å². The van der Waals surface area contributed by atoms with Crippen LogP contribution in [0.1, 0.15) is 10.4 Å². The lowest BCUT2D eigenvalue weighted by Crippen LogP contribution is -2.14. The molecule has 3 nitrogen and oxygen atoms in total. The van der Waals surface area contributed by atoms with Gasteiger partial charge >= 0.3 is 0 Å². The Morgan fingerprint density at radius 2 is 1.83 bits per heavy atom. The smallest absolute Gasteiger partial charge is 0.264 e. The van der Waals surface area contributed by atoms with Crippen LogP contribution in [0, 0.1) is 11.6 Å². The zero-order chi connectivity index (χ0) is 20.1. The standard InChI is InChI=1S/C22H11ClF2N2OS/c23-13-6-8-18-19(10-13)27(22(28)12-5-7-16(24)17(25)9-12)21(26-18)15-11-29-20-4-2-1-3-14(15)20/h1-11H. The van der Waals surface area contributed by atoms with E-state index in [9.17, 15) is 13.6 Å². The fourth-order valence-corrected chi connectivity index (χ4v) is 4.45. The summed E-state index contributed by atoms with van der Waals surface area (Å²) in [7, 11) is 0. The van der Waals surface area contributed by atoms with E-state index in [4.69, 9.17) is 11.6 Å². The highest BCUT2D eigenvalue weighted by Gasteiger charge is 2.22. The lowest BCUT2D eigenvalue weighted by atomic mass is 10.1. The molecule has 0 unspecified atom stereocenters. The highest BCUT2D eigenvalue weighted by molar-refractivity contribution is 7.17. The minimum atomic E-state index is -1.08. The first kappa shape index (κ1) is 18.0. The van der Waals surface area contributed by atoms with E-state index in [1.807, 2.05) is 29.6 Å². The van der Waals surface area contributed by atoms with Gasteiger partial charge in [-0.25, -0.2) is 13.8 Å². The average Bonchev–Trinajstić information content (AvgIpc) is 3.30. The summed E-state index contributed by atoms with van der Waals surface area (Å²) in [6, 6.07) is 16.0. The van der Waals surface area contributed by atoms with Crippen molar-refractivity contribution in [1.29, 1.82) is 0 Å². The molecular weight excluding hydrogens is 414 g/mol. The maximum atomic E-state index is 13.8. The zero-order valence-electron chi connectivity index (χ0n) is 14.7. The van der Waals surface area contributed by atoms with E-state index in [2.05, 4.69) is 4.98 Å². The molecule has 0 saturated heterocycles. The predicted octanol–water partition coefficient (Wildman–Crippen LogP) is 6.54. The first-order valence-electron chi connectivity index (χ1n) is 8.67. The van der Waals surface area contributed by atoms with Crippen molar-refractivity contribution in [1.82, 2.24) is 9.55 Å². The second-order valence-corrected chi connectivity index (χ2v) is 7.83. The van der Waals surface area contributed by atoms with Gasteiger partial charge in [0.15, 0.2) is 11.6 Å². The number of hydrogen-bond acceptors (Lipinski definition) is 3. The van der Waals surface area contributed by atoms with Gasteiger partial charge in [-0.3, -0.25) is 9.36 Å². The van der Waals surface area contributed by atoms with E-state index < -0.39 is 17.5 Å². The molecule has 0 radical (unpaired) electrons. The van der Waals surface area contributed by atoms with E-state index in [-0.39, 0.29) is 5.56 Å². The van der Waals surface area contributed by atoms with Crippen molar-refractivity contribution >= 4 is 50.0 Å². The molecule has 2 heterocycles. The van der Waals surface area contributed by atoms with Gasteiger partial charge in [-0.2, -0.15) is 0 Å². The Morgan fingerprint density at radius 3 is 2.66 bits per heavy atom. The quantitative estimate of drug-likeness (QED) is 0.322. The highest BCUT2D eigenvalue weighted by atomic mass is 35.5. The Kier molecular flexibility index (Phi) is 4.19. The van der Waals surface area contributed by atoms with Crippen LogP contribution >= 0.6 is 22.9 Å². The van der Waals surface area contributed by atoms with Crippen molar-refractivity contribution in [2.24, 2.45) is 0 Å². The van der Waals surface area contributed by atoms with Crippen molar-refractivity contribution in [3.8, 4) is 11.4 Å². The van der Waals surface area contributed by atoms with Gasteiger partial charge in [0.2, 0.25) is 0 Å². The number of carbonyl (C=O) groups excluding carboxylic acids is 1. The van der Waals surface area contributed by atoms with Crippen LogP contribution in [0.15, 0.2) is 66.0 Å². The Balaban J connectivity index is 1.81. The SMILES string of the molecule is O=C(c1ccc(F)c(F)c1)n1c(-c2csc3ccccc23)nc2ccc(Cl)cc21. The summed E-state index contributed by atoms with van der Waals surface area (Å²) in [5.41, 5.74) is 1.88. The van der Waals surface area contributed by atoms with Crippen molar-refractivity contribution < 1.29 is 13.6 Å². The molecule has 0 aliphatic heterocycles. The molecular formula is C22H11ClF2N2OS. The molecule has 3 aromatic carbocycles. The number of imidazole rings is 1. The van der Waals surface area contributed by atoms with Crippen LogP contribution < -0.4 is 0 Å². The lowest BCUT2D eigenvalue weighted by molar-refractivity contribution is 0.0965. The molecule has 0 N–H and O–H groups in total. The molecule has 0 amide bonds. The molecule has 0 bridgehead atoms. The number of halogens is 3. The topological polar surface area (TPSA) is 34.9 Å². The molecule has 2 aromatic heterocycles. The molecule has 0 saturated carbocycles. The number of fused-ring (bicyclic) bond motifs is 2. The van der Waals surface area contributed by atoms with Crippen LogP contribution in [-0.4, -0.2) is 15.5 Å². The number of benzene rings is 3. The van der Waals surface area contributed by atoms with Gasteiger partial charge in [-0.15, -0.1) is 11.3 Å². The lowest BCUT2D eigenvalue weighted by Gasteiger charge is -2.08. The van der Waals surface area contributed by atoms with Gasteiger partial charge in [0.1, 0.15) is 5.82 Å². The minimum Gasteiger partial charge on any atom is -0.268 e. The Hall–Kier alpha value is -3.09. The van der Waals surface area contributed by atoms with Crippen LogP contribution in [0.25, 0.3) is 32.5 Å². The summed E-state index contributed by atoms with van der Waals surface area (Å²) in [6.07, 6.45) is 0. The maximum absolute atomic E-state index is 13.8. The van der Waals surface area contributed by atoms with Crippen molar-refractivity contribution in [3.63, 3.8) is 0 Å². The van der Waals surface area contributed by atoms with Crippen molar-refractivity contribution in [3.05, 3.63) is 88.3 Å². The third kappa shape index (κ3) is 2.92. The Morgan fingerprint density at radius 1 is 1.00 bits per heavy atom. The molecule has 0 spiro atoms. The van der Waals surface area contributed by atoms with Crippen molar-refractivity contribution in [2.75, 3.05) is 0 Å². The summed E-state index contributed by atoms with van der Waals surface area (Å²) in [4.78, 5) is 18.0. The molecule has 5 rings (SSSR count). The molecule has 7 heteroatoms. The molecule has 0 aliphatic carbocycles. The number of hydrogen-bond donors (Lipinski definition) is 0. The Bertz CT molecular complexity index is 1420. The van der Waals surface area contributed by atoms with Gasteiger partial charge < -0.3 is 0 Å². The number of thiophene rings is 1. The van der Waals surface area contributed by atoms with Crippen LogP contribution in [0.3, 0.4) is 0 Å². The maximum Gasteiger partial charge on any atom is 0.264 e. The molecule has 0 atom stereocenters. The number of nitrogens with zero attached hydrogens (tertiary/aromatic N) is 2. The third-order valence-electron chi connectivity index (χ3n) is 4.71. The largest absolute Gasteiger partial charge is 0.268 e. The van der Waals surface area contributed by atoms with Crippen LogP contribution in [0.4, 0.5) is 8.78 Å². The minimum absolute atomic E-state index is 0.0176. The summed E-state index contributed by atoms with van der Waals surface area (Å²) >= 11 is 7.70. The first-order chi connectivity index (χ1) is 14.0. The van der Waals surface area contributed by atoms with Gasteiger partial charge in [0.05, 0.1) is 11.0 Å². The summed E-state index contributed by atoms with van der Waals surface area (Å²) < 4.78 is 29.6. The summed E-state index contributed by atoms with van der Waals surface area (Å²) in [5.74, 6) is -2.18. The number of carbonyl (C=O) groups is 1. The second kappa shape index (κ2) is 6.76. The van der Waals surface area contributed by atoms with Gasteiger partial charge in [0, 0.05) is 31.6 Å². The summed E-state index contributed by atoms with van der Waals surface area (Å²) in [6.45, 7) is 0. The van der Waals surface area contributed by atoms with E-state index in [0.29, 0.717) is 21.9 Å². The summed E-state index contributed by atoms with van der Waals surface area (Å²) in [5, 5.41) is 3.33. The molecule has 0 fully saturated rings. The average molecular weight is 425 g/mol. The van der Waals surface area contributed by atoms with Crippen LogP contribution in [0.5, 0.6) is 0 Å². The number of aromatic nitrogens is 2. The van der Waals surface area contributed by atoms with Crippen molar-refractivity contribution in [2.45, 2.75) is 0 Å². The third-order valence-corrected chi connectivity index (χ3v) is 5.91. The van der Waals surface area contributed by atoms with Gasteiger partial charge in [-0.1, -0.05) is 29.8 Å². The van der Waals surface area contributed by atoms with E-state index in [0.717, 1.165) is 27.8 Å². The van der Waals surface area contributed by atoms with E-state index in [1.165, 1.54) is 10.6 Å². The monoisotopic (exact) mass is 424 g/mol. The molecule has 5 aromatic rings. The van der Waals surface area contributed by atoms with E-state index in [1.54, 1.807) is 29.5 Å². The molecule has 142 valence electrons. The van der Waals surface area contributed by atoms with Gasteiger partial charge in [0.25, 0.3) is 5.91 Å². The fraction of sp³-hybridized carbons (Fsp3) is 0.